The van der Waals surface area contributed by atoms with Crippen molar-refractivity contribution >= 4 is 12.1 Å². The molecule has 69 valence electrons. The zero-order valence-corrected chi connectivity index (χ0v) is 8.52. The van der Waals surface area contributed by atoms with Crippen LogP contribution in [0.3, 0.4) is 0 Å². The van der Waals surface area contributed by atoms with E-state index in [0.29, 0.717) is 0 Å². The van der Waals surface area contributed by atoms with Crippen LogP contribution in [0.4, 0.5) is 0 Å². The number of carbonyl (C=O) groups excluding carboxylic acids is 2. The maximum atomic E-state index is 11.5. The summed E-state index contributed by atoms with van der Waals surface area (Å²) in [6.45, 7) is 9.02. The van der Waals surface area contributed by atoms with E-state index in [-0.39, 0.29) is 17.6 Å². The Hall–Kier alpha value is -0.660. The van der Waals surface area contributed by atoms with E-state index >= 15 is 0 Å². The summed E-state index contributed by atoms with van der Waals surface area (Å²) in [5, 5.41) is 0. The highest BCUT2D eigenvalue weighted by Gasteiger charge is 2.29. The van der Waals surface area contributed by atoms with Gasteiger partial charge in [0.15, 0.2) is 0 Å². The largest absolute Gasteiger partial charge is 0.299 e. The number of hydrogen-bond acceptors (Lipinski definition) is 2. The van der Waals surface area contributed by atoms with Crippen molar-refractivity contribution in [3.8, 4) is 0 Å². The van der Waals surface area contributed by atoms with Crippen molar-refractivity contribution in [1.29, 1.82) is 0 Å². The summed E-state index contributed by atoms with van der Waals surface area (Å²) in [7, 11) is 0. The van der Waals surface area contributed by atoms with Crippen LogP contribution in [0.5, 0.6) is 0 Å². The Balaban J connectivity index is 4.29. The molecule has 0 unspecified atom stereocenters. The molecule has 0 aliphatic heterocycles. The van der Waals surface area contributed by atoms with Crippen molar-refractivity contribution in [2.24, 2.45) is 10.8 Å². The van der Waals surface area contributed by atoms with Gasteiger partial charge in [0.25, 0.3) is 0 Å². The Labute approximate surface area is 74.3 Å². The van der Waals surface area contributed by atoms with Gasteiger partial charge in [-0.1, -0.05) is 34.6 Å². The smallest absolute Gasteiger partial charge is 0.204 e. The molecule has 0 amide bonds. The molecular formula is C10H17O2. The third-order valence-corrected chi connectivity index (χ3v) is 1.72. The third kappa shape index (κ3) is 3.65. The first-order chi connectivity index (χ1) is 5.19. The van der Waals surface area contributed by atoms with Gasteiger partial charge in [0, 0.05) is 17.3 Å². The standard InChI is InChI=1S/C10H17O2/c1-9(2,3)8(12)6-10(4,5)7-11/h6H2,1-5H3. The van der Waals surface area contributed by atoms with E-state index in [0.717, 1.165) is 0 Å². The predicted molar refractivity (Wildman–Crippen MR) is 48.6 cm³/mol. The lowest BCUT2D eigenvalue weighted by Gasteiger charge is -2.22. The second kappa shape index (κ2) is 3.38. The molecule has 0 heterocycles. The molecule has 0 aliphatic rings. The zero-order valence-electron chi connectivity index (χ0n) is 8.52. The summed E-state index contributed by atoms with van der Waals surface area (Å²) in [4.78, 5) is 21.9. The summed E-state index contributed by atoms with van der Waals surface area (Å²) in [6, 6.07) is 0. The molecule has 2 heteroatoms. The van der Waals surface area contributed by atoms with Gasteiger partial charge < -0.3 is 0 Å². The highest BCUT2D eigenvalue weighted by Crippen LogP contribution is 2.25. The van der Waals surface area contributed by atoms with Gasteiger partial charge >= 0.3 is 0 Å². The van der Waals surface area contributed by atoms with Crippen LogP contribution < -0.4 is 0 Å². The van der Waals surface area contributed by atoms with E-state index in [9.17, 15) is 9.59 Å². The molecule has 0 bridgehead atoms. The van der Waals surface area contributed by atoms with E-state index in [1.165, 1.54) is 0 Å². The first-order valence-corrected chi connectivity index (χ1v) is 4.12. The van der Waals surface area contributed by atoms with Gasteiger partial charge in [0.1, 0.15) is 5.78 Å². The minimum absolute atomic E-state index is 0.107. The fraction of sp³-hybridized carbons (Fsp3) is 0.800. The summed E-state index contributed by atoms with van der Waals surface area (Å²) >= 11 is 0. The predicted octanol–water partition coefficient (Wildman–Crippen LogP) is 2.13. The second-order valence-electron chi connectivity index (χ2n) is 4.84. The SMILES string of the molecule is CC(C)([C]=O)CC(=O)C(C)(C)C. The minimum atomic E-state index is -0.635. The number of carbonyl (C=O) groups is 1. The molecule has 2 nitrogen and oxygen atoms in total. The molecule has 0 aromatic carbocycles. The Kier molecular flexibility index (Phi) is 3.19. The molecule has 1 radical (unpaired) electrons. The Bertz CT molecular complexity index is 185. The number of ketones is 1. The Morgan fingerprint density at radius 1 is 1.17 bits per heavy atom. The molecule has 0 saturated carbocycles. The number of hydrogen-bond donors (Lipinski definition) is 0. The molecule has 0 rings (SSSR count). The van der Waals surface area contributed by atoms with Crippen LogP contribution in [0.2, 0.25) is 0 Å². The average molecular weight is 169 g/mol. The van der Waals surface area contributed by atoms with E-state index in [4.69, 9.17) is 0 Å². The lowest BCUT2D eigenvalue weighted by molar-refractivity contribution is -0.127. The molecule has 0 aromatic rings. The van der Waals surface area contributed by atoms with Crippen molar-refractivity contribution in [3.05, 3.63) is 0 Å². The normalized spacial score (nSPS) is 12.8. The van der Waals surface area contributed by atoms with Gasteiger partial charge in [0.05, 0.1) is 0 Å². The topological polar surface area (TPSA) is 34.1 Å². The highest BCUT2D eigenvalue weighted by molar-refractivity contribution is 5.86. The van der Waals surface area contributed by atoms with E-state index in [1.807, 2.05) is 27.1 Å². The number of rotatable bonds is 3. The van der Waals surface area contributed by atoms with Crippen LogP contribution in [-0.2, 0) is 9.59 Å². The second-order valence-corrected chi connectivity index (χ2v) is 4.84. The molecule has 0 spiro atoms. The fourth-order valence-corrected chi connectivity index (χ4v) is 0.703. The lowest BCUT2D eigenvalue weighted by Crippen LogP contribution is -2.27. The van der Waals surface area contributed by atoms with Gasteiger partial charge in [-0.05, 0) is 0 Å². The summed E-state index contributed by atoms with van der Waals surface area (Å²) in [6.07, 6.45) is 2.15. The monoisotopic (exact) mass is 169 g/mol. The van der Waals surface area contributed by atoms with E-state index < -0.39 is 5.41 Å². The lowest BCUT2D eigenvalue weighted by atomic mass is 9.80. The van der Waals surface area contributed by atoms with E-state index in [2.05, 4.69) is 0 Å². The molecule has 12 heavy (non-hydrogen) atoms. The van der Waals surface area contributed by atoms with Crippen molar-refractivity contribution in [1.82, 2.24) is 0 Å². The van der Waals surface area contributed by atoms with Gasteiger partial charge in [-0.25, -0.2) is 0 Å². The van der Waals surface area contributed by atoms with Gasteiger partial charge in [-0.3, -0.25) is 9.59 Å². The Morgan fingerprint density at radius 3 is 1.83 bits per heavy atom. The maximum Gasteiger partial charge on any atom is 0.204 e. The fourth-order valence-electron chi connectivity index (χ4n) is 0.703. The summed E-state index contributed by atoms with van der Waals surface area (Å²) in [5.41, 5.74) is -0.988. The Morgan fingerprint density at radius 2 is 1.58 bits per heavy atom. The van der Waals surface area contributed by atoms with Crippen molar-refractivity contribution in [2.45, 2.75) is 41.0 Å². The maximum absolute atomic E-state index is 11.5. The van der Waals surface area contributed by atoms with Crippen molar-refractivity contribution in [3.63, 3.8) is 0 Å². The first-order valence-electron chi connectivity index (χ1n) is 4.12. The van der Waals surface area contributed by atoms with Gasteiger partial charge in [0.2, 0.25) is 6.29 Å². The van der Waals surface area contributed by atoms with Crippen LogP contribution in [0.1, 0.15) is 41.0 Å². The van der Waals surface area contributed by atoms with Crippen LogP contribution in [-0.4, -0.2) is 12.1 Å². The molecular weight excluding hydrogens is 152 g/mol. The van der Waals surface area contributed by atoms with Crippen molar-refractivity contribution < 1.29 is 9.59 Å². The summed E-state index contributed by atoms with van der Waals surface area (Å²) in [5.74, 6) is 0.107. The molecule has 0 saturated heterocycles. The quantitative estimate of drug-likeness (QED) is 0.648. The van der Waals surface area contributed by atoms with Crippen molar-refractivity contribution in [2.75, 3.05) is 0 Å². The zero-order chi connectivity index (χ0) is 9.99. The molecule has 0 N–H and O–H groups in total. The van der Waals surface area contributed by atoms with Crippen LogP contribution >= 0.6 is 0 Å². The van der Waals surface area contributed by atoms with Crippen LogP contribution in [0.25, 0.3) is 0 Å². The van der Waals surface area contributed by atoms with Crippen LogP contribution in [0, 0.1) is 10.8 Å². The summed E-state index contributed by atoms with van der Waals surface area (Å²) < 4.78 is 0. The molecule has 0 aliphatic carbocycles. The number of Topliss-reactive ketones (excluding diaryl/α,β-unsaturated/α-hetero) is 1. The molecule has 0 fully saturated rings. The highest BCUT2D eigenvalue weighted by atomic mass is 16.1. The van der Waals surface area contributed by atoms with Gasteiger partial charge in [-0.15, -0.1) is 0 Å². The minimum Gasteiger partial charge on any atom is -0.299 e. The van der Waals surface area contributed by atoms with Crippen LogP contribution in [0.15, 0.2) is 0 Å². The van der Waals surface area contributed by atoms with E-state index in [1.54, 1.807) is 13.8 Å². The average Bonchev–Trinajstić information content (AvgIpc) is 1.85. The third-order valence-electron chi connectivity index (χ3n) is 1.72. The molecule has 0 atom stereocenters. The first kappa shape index (κ1) is 11.3. The van der Waals surface area contributed by atoms with Gasteiger partial charge in [-0.2, -0.15) is 0 Å². The molecule has 0 aromatic heterocycles.